The van der Waals surface area contributed by atoms with Gasteiger partial charge in [-0.3, -0.25) is 4.79 Å². The third kappa shape index (κ3) is 2.55. The smallest absolute Gasteiger partial charge is 0.240 e. The number of benzene rings is 1. The summed E-state index contributed by atoms with van der Waals surface area (Å²) in [6.07, 6.45) is 1.77. The molecule has 0 saturated carbocycles. The van der Waals surface area contributed by atoms with Gasteiger partial charge in [-0.05, 0) is 53.4 Å². The first-order valence-electron chi connectivity index (χ1n) is 5.42. The van der Waals surface area contributed by atoms with E-state index in [4.69, 9.17) is 0 Å². The second kappa shape index (κ2) is 5.06. The molecule has 1 unspecified atom stereocenters. The summed E-state index contributed by atoms with van der Waals surface area (Å²) in [5.74, 6) is -0.323. The van der Waals surface area contributed by atoms with Crippen LogP contribution in [0.15, 0.2) is 16.6 Å². The lowest BCUT2D eigenvalue weighted by molar-refractivity contribution is -0.118. The van der Waals surface area contributed by atoms with E-state index in [0.717, 1.165) is 18.4 Å². The zero-order valence-electron chi connectivity index (χ0n) is 9.34. The zero-order valence-corrected chi connectivity index (χ0v) is 12.5. The highest BCUT2D eigenvalue weighted by atomic mass is 79.9. The molecule has 17 heavy (non-hydrogen) atoms. The number of alkyl halides is 1. The van der Waals surface area contributed by atoms with Crippen LogP contribution in [0.4, 0.5) is 10.1 Å². The molecule has 1 heterocycles. The van der Waals surface area contributed by atoms with E-state index in [9.17, 15) is 9.18 Å². The van der Waals surface area contributed by atoms with Gasteiger partial charge in [0.1, 0.15) is 5.82 Å². The predicted octanol–water partition coefficient (Wildman–Crippen LogP) is 3.79. The van der Waals surface area contributed by atoms with Crippen LogP contribution in [0.5, 0.6) is 0 Å². The number of amides is 1. The topological polar surface area (TPSA) is 20.3 Å². The van der Waals surface area contributed by atoms with Gasteiger partial charge in [0.15, 0.2) is 0 Å². The van der Waals surface area contributed by atoms with Gasteiger partial charge in [0.25, 0.3) is 0 Å². The average molecular weight is 365 g/mol. The number of carbonyl (C=O) groups excluding carboxylic acids is 1. The van der Waals surface area contributed by atoms with Crippen LogP contribution in [-0.2, 0) is 4.79 Å². The van der Waals surface area contributed by atoms with Gasteiger partial charge in [0.2, 0.25) is 5.91 Å². The minimum atomic E-state index is -0.338. The van der Waals surface area contributed by atoms with Crippen LogP contribution in [0, 0.1) is 12.7 Å². The lowest BCUT2D eigenvalue weighted by Crippen LogP contribution is -2.42. The van der Waals surface area contributed by atoms with Crippen LogP contribution < -0.4 is 4.90 Å². The maximum atomic E-state index is 13.5. The van der Waals surface area contributed by atoms with Crippen LogP contribution in [-0.4, -0.2) is 17.3 Å². The van der Waals surface area contributed by atoms with E-state index >= 15 is 0 Å². The number of nitrogens with zero attached hydrogens (tertiary/aromatic N) is 1. The number of aryl methyl sites for hydroxylation is 1. The van der Waals surface area contributed by atoms with E-state index in [1.54, 1.807) is 11.0 Å². The van der Waals surface area contributed by atoms with E-state index in [-0.39, 0.29) is 16.6 Å². The number of anilines is 1. The summed E-state index contributed by atoms with van der Waals surface area (Å²) in [6.45, 7) is 2.54. The van der Waals surface area contributed by atoms with Crippen LogP contribution in [0.1, 0.15) is 18.4 Å². The van der Waals surface area contributed by atoms with Crippen LogP contribution in [0.25, 0.3) is 0 Å². The molecule has 0 spiro atoms. The van der Waals surface area contributed by atoms with Crippen molar-refractivity contribution in [2.75, 3.05) is 11.4 Å². The fourth-order valence-electron chi connectivity index (χ4n) is 2.00. The van der Waals surface area contributed by atoms with Gasteiger partial charge < -0.3 is 4.90 Å². The summed E-state index contributed by atoms with van der Waals surface area (Å²) in [5.41, 5.74) is 1.56. The van der Waals surface area contributed by atoms with Crippen molar-refractivity contribution in [3.8, 4) is 0 Å². The number of carbonyl (C=O) groups is 1. The molecule has 0 aliphatic carbocycles. The predicted molar refractivity (Wildman–Crippen MR) is 73.1 cm³/mol. The van der Waals surface area contributed by atoms with Crippen molar-refractivity contribution in [3.05, 3.63) is 28.0 Å². The maximum absolute atomic E-state index is 13.5. The van der Waals surface area contributed by atoms with Crippen LogP contribution >= 0.6 is 31.9 Å². The molecule has 5 heteroatoms. The van der Waals surface area contributed by atoms with Gasteiger partial charge in [0.05, 0.1) is 9.30 Å². The molecule has 0 aromatic heterocycles. The van der Waals surface area contributed by atoms with E-state index in [1.807, 2.05) is 6.92 Å². The molecular weight excluding hydrogens is 353 g/mol. The Morgan fingerprint density at radius 1 is 1.47 bits per heavy atom. The van der Waals surface area contributed by atoms with Crippen molar-refractivity contribution in [2.45, 2.75) is 24.6 Å². The van der Waals surface area contributed by atoms with Crippen molar-refractivity contribution < 1.29 is 9.18 Å². The highest BCUT2D eigenvalue weighted by Crippen LogP contribution is 2.30. The summed E-state index contributed by atoms with van der Waals surface area (Å²) in [4.78, 5) is 13.5. The first-order valence-corrected chi connectivity index (χ1v) is 7.12. The monoisotopic (exact) mass is 363 g/mol. The Labute approximate surface area is 116 Å². The van der Waals surface area contributed by atoms with E-state index in [2.05, 4.69) is 31.9 Å². The van der Waals surface area contributed by atoms with E-state index in [0.29, 0.717) is 16.7 Å². The lowest BCUT2D eigenvalue weighted by Gasteiger charge is -2.31. The highest BCUT2D eigenvalue weighted by molar-refractivity contribution is 9.10. The zero-order chi connectivity index (χ0) is 12.6. The van der Waals surface area contributed by atoms with Crippen LogP contribution in [0.3, 0.4) is 0 Å². The van der Waals surface area contributed by atoms with Crippen molar-refractivity contribution >= 4 is 43.5 Å². The standard InChI is InChI=1S/C12H12Br2FNO/c1-7-5-9(14)10(15)6-11(7)16-4-2-3-8(13)12(16)17/h5-6,8H,2-4H2,1H3. The molecule has 1 amide bonds. The molecule has 1 aliphatic rings. The fourth-order valence-corrected chi connectivity index (χ4v) is 3.03. The molecular formula is C12H12Br2FNO. The summed E-state index contributed by atoms with van der Waals surface area (Å²) in [6, 6.07) is 3.12. The molecule has 0 bridgehead atoms. The van der Waals surface area contributed by atoms with Crippen molar-refractivity contribution in [1.82, 2.24) is 0 Å². The molecule has 92 valence electrons. The lowest BCUT2D eigenvalue weighted by atomic mass is 10.1. The fraction of sp³-hybridized carbons (Fsp3) is 0.417. The molecule has 1 aromatic carbocycles. The first kappa shape index (κ1) is 13.0. The minimum absolute atomic E-state index is 0.0149. The van der Waals surface area contributed by atoms with Crippen LogP contribution in [0.2, 0.25) is 0 Å². The summed E-state index contributed by atoms with van der Waals surface area (Å²) in [7, 11) is 0. The summed E-state index contributed by atoms with van der Waals surface area (Å²) in [5, 5.41) is 0. The first-order chi connectivity index (χ1) is 8.00. The molecule has 2 rings (SSSR count). The molecule has 1 aromatic rings. The number of hydrogen-bond donors (Lipinski definition) is 0. The number of piperidine rings is 1. The van der Waals surface area contributed by atoms with Gasteiger partial charge in [-0.1, -0.05) is 15.9 Å². The van der Waals surface area contributed by atoms with Gasteiger partial charge >= 0.3 is 0 Å². The largest absolute Gasteiger partial charge is 0.311 e. The second-order valence-electron chi connectivity index (χ2n) is 4.15. The Morgan fingerprint density at radius 3 is 2.88 bits per heavy atom. The van der Waals surface area contributed by atoms with Gasteiger partial charge in [0, 0.05) is 12.2 Å². The van der Waals surface area contributed by atoms with Gasteiger partial charge in [-0.25, -0.2) is 4.39 Å². The quantitative estimate of drug-likeness (QED) is 0.694. The molecule has 1 atom stereocenters. The second-order valence-corrected chi connectivity index (χ2v) is 6.11. The molecule has 1 saturated heterocycles. The minimum Gasteiger partial charge on any atom is -0.311 e. The SMILES string of the molecule is Cc1cc(Br)c(F)cc1N1CCCC(Br)C1=O. The number of hydrogen-bond acceptors (Lipinski definition) is 1. The van der Waals surface area contributed by atoms with E-state index in [1.165, 1.54) is 6.07 Å². The van der Waals surface area contributed by atoms with Crippen molar-refractivity contribution in [2.24, 2.45) is 0 Å². The number of rotatable bonds is 1. The number of halogens is 3. The summed E-state index contributed by atoms with van der Waals surface area (Å²) < 4.78 is 14.0. The Kier molecular flexibility index (Phi) is 3.88. The Bertz CT molecular complexity index is 464. The van der Waals surface area contributed by atoms with Gasteiger partial charge in [-0.2, -0.15) is 0 Å². The molecule has 2 nitrogen and oxygen atoms in total. The average Bonchev–Trinajstić information content (AvgIpc) is 2.28. The molecule has 0 radical (unpaired) electrons. The summed E-state index contributed by atoms with van der Waals surface area (Å²) >= 11 is 6.50. The van der Waals surface area contributed by atoms with Crippen molar-refractivity contribution in [3.63, 3.8) is 0 Å². The normalized spacial score (nSPS) is 20.8. The maximum Gasteiger partial charge on any atom is 0.240 e. The van der Waals surface area contributed by atoms with Gasteiger partial charge in [-0.15, -0.1) is 0 Å². The Balaban J connectivity index is 2.39. The van der Waals surface area contributed by atoms with E-state index < -0.39 is 0 Å². The Morgan fingerprint density at radius 2 is 2.18 bits per heavy atom. The molecule has 1 fully saturated rings. The Hall–Kier alpha value is -0.420. The van der Waals surface area contributed by atoms with Crippen molar-refractivity contribution in [1.29, 1.82) is 0 Å². The molecule has 1 aliphatic heterocycles. The molecule has 0 N–H and O–H groups in total. The highest BCUT2D eigenvalue weighted by Gasteiger charge is 2.28. The third-order valence-corrected chi connectivity index (χ3v) is 4.36. The third-order valence-electron chi connectivity index (χ3n) is 2.90.